The number of amides is 1. The Morgan fingerprint density at radius 2 is 1.19 bits per heavy atom. The van der Waals surface area contributed by atoms with E-state index in [1.165, 1.54) is 57.8 Å². The van der Waals surface area contributed by atoms with Crippen molar-refractivity contribution in [2.24, 2.45) is 0 Å². The molecule has 2 saturated heterocycles. The predicted molar refractivity (Wildman–Crippen MR) is 194 cm³/mol. The zero-order chi connectivity index (χ0) is 38.3. The van der Waals surface area contributed by atoms with Crippen LogP contribution < -0.4 is 5.32 Å². The minimum Gasteiger partial charge on any atom is -0.394 e. The van der Waals surface area contributed by atoms with Crippen LogP contribution in [0.4, 0.5) is 0 Å². The Hall–Kier alpha value is -1.27. The number of unbranched alkanes of at least 4 members (excludes halogenated alkanes) is 15. The Bertz CT molecular complexity index is 941. The zero-order valence-corrected chi connectivity index (χ0v) is 31.6. The first-order chi connectivity index (χ1) is 25.1. The van der Waals surface area contributed by atoms with Gasteiger partial charge in [-0.05, 0) is 19.3 Å². The number of carbonyl (C=O) groups excluding carboxylic acids is 1. The van der Waals surface area contributed by atoms with Crippen LogP contribution in [0, 0.1) is 0 Å². The van der Waals surface area contributed by atoms with Gasteiger partial charge in [0.15, 0.2) is 12.6 Å². The van der Waals surface area contributed by atoms with E-state index in [-0.39, 0.29) is 18.9 Å². The Kier molecular flexibility index (Phi) is 24.6. The average molecular weight is 750 g/mol. The summed E-state index contributed by atoms with van der Waals surface area (Å²) < 4.78 is 22.5. The number of carbonyl (C=O) groups is 1. The maximum Gasteiger partial charge on any atom is 0.220 e. The molecule has 0 aromatic carbocycles. The predicted octanol–water partition coefficient (Wildman–Crippen LogP) is 2.09. The summed E-state index contributed by atoms with van der Waals surface area (Å²) >= 11 is 0. The van der Waals surface area contributed by atoms with Crippen molar-refractivity contribution in [1.29, 1.82) is 0 Å². The largest absolute Gasteiger partial charge is 0.394 e. The lowest BCUT2D eigenvalue weighted by molar-refractivity contribution is -0.359. The lowest BCUT2D eigenvalue weighted by Crippen LogP contribution is -2.65. The molecule has 4 unspecified atom stereocenters. The van der Waals surface area contributed by atoms with Gasteiger partial charge in [-0.3, -0.25) is 4.79 Å². The number of rotatable bonds is 28. The molecule has 306 valence electrons. The molecule has 2 fully saturated rings. The average Bonchev–Trinajstić information content (AvgIpc) is 3.14. The summed E-state index contributed by atoms with van der Waals surface area (Å²) in [6.45, 7) is 2.64. The maximum atomic E-state index is 12.8. The summed E-state index contributed by atoms with van der Waals surface area (Å²) in [7, 11) is 0. The summed E-state index contributed by atoms with van der Waals surface area (Å²) in [4.78, 5) is 12.8. The van der Waals surface area contributed by atoms with E-state index in [0.717, 1.165) is 44.9 Å². The van der Waals surface area contributed by atoms with E-state index in [9.17, 15) is 45.6 Å². The van der Waals surface area contributed by atoms with Crippen molar-refractivity contribution in [3.63, 3.8) is 0 Å². The van der Waals surface area contributed by atoms with Crippen LogP contribution in [0.5, 0.6) is 0 Å². The molecule has 2 heterocycles. The van der Waals surface area contributed by atoms with Gasteiger partial charge in [0, 0.05) is 6.42 Å². The minimum atomic E-state index is -1.78. The van der Waals surface area contributed by atoms with Crippen molar-refractivity contribution < 1.29 is 64.6 Å². The summed E-state index contributed by atoms with van der Waals surface area (Å²) in [5.41, 5.74) is 0. The van der Waals surface area contributed by atoms with Crippen molar-refractivity contribution in [2.45, 2.75) is 203 Å². The molecule has 0 saturated carbocycles. The Morgan fingerprint density at radius 1 is 0.673 bits per heavy atom. The van der Waals surface area contributed by atoms with Gasteiger partial charge < -0.3 is 65.1 Å². The standard InChI is InChI=1S/C38H71NO13/c1-3-5-7-9-10-11-12-13-14-15-16-18-19-21-27(42)26(39-30(43)22-20-17-8-6-4-2)25-49-37-35(48)33(46)36(29(24-41)51-37)52-38-34(47)32(45)31(44)28(23-40)50-38/h19,21,26-29,31-38,40-42,44-48H,3-18,20,22-25H2,1-2H3,(H,39,43)/b21-19+/t26-,27-,28+,29+,31-,32?,33?,34?,35?,36+,37+,38-/m0/s1. The van der Waals surface area contributed by atoms with Gasteiger partial charge in [0.1, 0.15) is 48.8 Å². The normalized spacial score (nSPS) is 30.8. The number of aliphatic hydroxyl groups excluding tert-OH is 8. The van der Waals surface area contributed by atoms with E-state index in [1.54, 1.807) is 6.08 Å². The van der Waals surface area contributed by atoms with Gasteiger partial charge in [0.25, 0.3) is 0 Å². The quantitative estimate of drug-likeness (QED) is 0.0413. The van der Waals surface area contributed by atoms with Crippen molar-refractivity contribution in [3.8, 4) is 0 Å². The molecule has 0 bridgehead atoms. The number of allylic oxidation sites excluding steroid dienone is 1. The van der Waals surface area contributed by atoms with Crippen molar-refractivity contribution in [3.05, 3.63) is 12.2 Å². The highest BCUT2D eigenvalue weighted by molar-refractivity contribution is 5.76. The van der Waals surface area contributed by atoms with Crippen LogP contribution in [0.1, 0.15) is 129 Å². The second-order valence-corrected chi connectivity index (χ2v) is 14.4. The van der Waals surface area contributed by atoms with Gasteiger partial charge in [0.05, 0.1) is 32.0 Å². The van der Waals surface area contributed by atoms with Gasteiger partial charge in [-0.25, -0.2) is 0 Å². The molecule has 0 aromatic heterocycles. The molecular weight excluding hydrogens is 678 g/mol. The van der Waals surface area contributed by atoms with E-state index in [0.29, 0.717) is 6.42 Å². The molecule has 14 heteroatoms. The topological polar surface area (TPSA) is 228 Å². The first kappa shape index (κ1) is 46.9. The number of ether oxygens (including phenoxy) is 4. The molecule has 14 nitrogen and oxygen atoms in total. The highest BCUT2D eigenvalue weighted by Gasteiger charge is 2.50. The summed E-state index contributed by atoms with van der Waals surface area (Å²) in [5, 5.41) is 85.8. The SMILES string of the molecule is CCCCCCCCCCCCC/C=C/[C@H](O)[C@H](CO[C@@H]1O[C@H](CO)[C@@H](O[C@@H]2O[C@H](CO)[C@H](O)C(O)C2O)C(O)C1O)NC(=O)CCCCCCC. The summed E-state index contributed by atoms with van der Waals surface area (Å²) in [6.07, 6.45) is 6.08. The third-order valence-electron chi connectivity index (χ3n) is 9.97. The first-order valence-electron chi connectivity index (χ1n) is 19.9. The Labute approximate surface area is 310 Å². The van der Waals surface area contributed by atoms with Crippen LogP contribution in [-0.4, -0.2) is 140 Å². The van der Waals surface area contributed by atoms with Gasteiger partial charge in [-0.1, -0.05) is 116 Å². The third-order valence-corrected chi connectivity index (χ3v) is 9.97. The van der Waals surface area contributed by atoms with Gasteiger partial charge >= 0.3 is 0 Å². The van der Waals surface area contributed by atoms with Crippen LogP contribution in [-0.2, 0) is 23.7 Å². The lowest BCUT2D eigenvalue weighted by atomic mass is 9.97. The fourth-order valence-corrected chi connectivity index (χ4v) is 6.58. The number of hydrogen-bond acceptors (Lipinski definition) is 13. The lowest BCUT2D eigenvalue weighted by Gasteiger charge is -2.46. The van der Waals surface area contributed by atoms with Crippen LogP contribution in [0.3, 0.4) is 0 Å². The highest BCUT2D eigenvalue weighted by Crippen LogP contribution is 2.29. The third kappa shape index (κ3) is 16.6. The fraction of sp³-hybridized carbons (Fsp3) is 0.921. The van der Waals surface area contributed by atoms with Crippen LogP contribution in [0.15, 0.2) is 12.2 Å². The highest BCUT2D eigenvalue weighted by atomic mass is 16.7. The van der Waals surface area contributed by atoms with Gasteiger partial charge in [-0.2, -0.15) is 0 Å². The van der Waals surface area contributed by atoms with Crippen molar-refractivity contribution in [2.75, 3.05) is 19.8 Å². The van der Waals surface area contributed by atoms with Crippen molar-refractivity contribution in [1.82, 2.24) is 5.32 Å². The van der Waals surface area contributed by atoms with E-state index >= 15 is 0 Å². The second-order valence-electron chi connectivity index (χ2n) is 14.4. The van der Waals surface area contributed by atoms with Gasteiger partial charge in [0.2, 0.25) is 5.91 Å². The minimum absolute atomic E-state index is 0.255. The molecule has 9 N–H and O–H groups in total. The molecule has 0 radical (unpaired) electrons. The molecule has 2 aliphatic rings. The van der Waals surface area contributed by atoms with Gasteiger partial charge in [-0.15, -0.1) is 0 Å². The molecule has 0 aromatic rings. The fourth-order valence-electron chi connectivity index (χ4n) is 6.58. The summed E-state index contributed by atoms with van der Waals surface area (Å²) in [6, 6.07) is -0.902. The molecular formula is C38H71NO13. The molecule has 12 atom stereocenters. The second kappa shape index (κ2) is 27.3. The number of hydrogen-bond donors (Lipinski definition) is 9. The maximum absolute atomic E-state index is 12.8. The smallest absolute Gasteiger partial charge is 0.220 e. The van der Waals surface area contributed by atoms with E-state index in [1.807, 2.05) is 6.08 Å². The Balaban J connectivity index is 1.93. The molecule has 52 heavy (non-hydrogen) atoms. The van der Waals surface area contributed by atoms with Crippen LogP contribution in [0.2, 0.25) is 0 Å². The molecule has 0 aliphatic carbocycles. The zero-order valence-electron chi connectivity index (χ0n) is 31.6. The molecule has 2 aliphatic heterocycles. The first-order valence-corrected chi connectivity index (χ1v) is 19.9. The summed E-state index contributed by atoms with van der Waals surface area (Å²) in [5.74, 6) is -0.255. The van der Waals surface area contributed by atoms with Crippen LogP contribution >= 0.6 is 0 Å². The Morgan fingerprint density at radius 3 is 1.77 bits per heavy atom. The molecule has 1 amide bonds. The monoisotopic (exact) mass is 749 g/mol. The van der Waals surface area contributed by atoms with Crippen LogP contribution in [0.25, 0.3) is 0 Å². The number of aliphatic hydroxyl groups is 8. The van der Waals surface area contributed by atoms with E-state index in [2.05, 4.69) is 19.2 Å². The van der Waals surface area contributed by atoms with E-state index < -0.39 is 86.8 Å². The molecule has 2 rings (SSSR count). The molecule has 0 spiro atoms. The van der Waals surface area contributed by atoms with Crippen molar-refractivity contribution >= 4 is 5.91 Å². The number of nitrogens with one attached hydrogen (secondary N) is 1. The van der Waals surface area contributed by atoms with E-state index in [4.69, 9.17) is 18.9 Å².